The Morgan fingerprint density at radius 1 is 1.40 bits per heavy atom. The van der Waals surface area contributed by atoms with Gasteiger partial charge in [-0.15, -0.1) is 0 Å². The molecule has 0 aromatic heterocycles. The summed E-state index contributed by atoms with van der Waals surface area (Å²) in [6, 6.07) is 0. The Morgan fingerprint density at radius 2 is 2.00 bits per heavy atom. The number of hydrogen-bond acceptors (Lipinski definition) is 2. The molecule has 0 spiro atoms. The van der Waals surface area contributed by atoms with Gasteiger partial charge in [0, 0.05) is 12.3 Å². The number of carbonyl (C=O) groups excluding carboxylic acids is 1. The van der Waals surface area contributed by atoms with Crippen molar-refractivity contribution in [3.05, 3.63) is 0 Å². The van der Waals surface area contributed by atoms with Crippen LogP contribution in [0.5, 0.6) is 0 Å². The molecule has 1 saturated carbocycles. The smallest absolute Gasteiger partial charge is 0.302 e. The third-order valence-corrected chi connectivity index (χ3v) is 4.65. The Bertz CT molecular complexity index is 245. The summed E-state index contributed by atoms with van der Waals surface area (Å²) in [4.78, 5) is 10.9. The number of carbonyl (C=O) groups is 1. The van der Waals surface area contributed by atoms with E-state index in [1.807, 2.05) is 0 Å². The van der Waals surface area contributed by atoms with Gasteiger partial charge in [0.15, 0.2) is 0 Å². The molecule has 15 heavy (non-hydrogen) atoms. The average molecular weight is 212 g/mol. The molecule has 0 N–H and O–H groups in total. The Kier molecular flexibility index (Phi) is 3.47. The van der Waals surface area contributed by atoms with Crippen molar-refractivity contribution in [2.75, 3.05) is 6.61 Å². The van der Waals surface area contributed by atoms with Gasteiger partial charge in [-0.05, 0) is 17.8 Å². The lowest BCUT2D eigenvalue weighted by Gasteiger charge is -2.51. The molecular formula is C13H24O2. The van der Waals surface area contributed by atoms with Crippen molar-refractivity contribution in [2.24, 2.45) is 16.7 Å². The molecule has 88 valence electrons. The molecule has 2 unspecified atom stereocenters. The van der Waals surface area contributed by atoms with Crippen LogP contribution in [0.25, 0.3) is 0 Å². The summed E-state index contributed by atoms with van der Waals surface area (Å²) in [6.45, 7) is 11.2. The van der Waals surface area contributed by atoms with E-state index in [0.29, 0.717) is 12.5 Å². The molecule has 0 bridgehead atoms. The molecule has 2 atom stereocenters. The van der Waals surface area contributed by atoms with Gasteiger partial charge in [-0.3, -0.25) is 4.79 Å². The number of ether oxygens (including phenoxy) is 1. The summed E-state index contributed by atoms with van der Waals surface area (Å²) in [5.74, 6) is 0.463. The molecule has 0 radical (unpaired) electrons. The first-order valence-electron chi connectivity index (χ1n) is 5.93. The summed E-state index contributed by atoms with van der Waals surface area (Å²) in [5, 5.41) is 0. The maximum Gasteiger partial charge on any atom is 0.302 e. The number of esters is 1. The number of rotatable bonds is 2. The van der Waals surface area contributed by atoms with Gasteiger partial charge >= 0.3 is 5.97 Å². The van der Waals surface area contributed by atoms with E-state index in [1.165, 1.54) is 26.2 Å². The fraction of sp³-hybridized carbons (Fsp3) is 0.923. The van der Waals surface area contributed by atoms with Crippen LogP contribution in [0.4, 0.5) is 0 Å². The molecule has 1 aliphatic rings. The van der Waals surface area contributed by atoms with Gasteiger partial charge in [-0.1, -0.05) is 40.5 Å². The first-order chi connectivity index (χ1) is 6.79. The lowest BCUT2D eigenvalue weighted by Crippen LogP contribution is -2.47. The van der Waals surface area contributed by atoms with E-state index in [4.69, 9.17) is 4.74 Å². The second kappa shape index (κ2) is 4.15. The highest BCUT2D eigenvalue weighted by atomic mass is 16.5. The maximum absolute atomic E-state index is 10.9. The summed E-state index contributed by atoms with van der Waals surface area (Å²) >= 11 is 0. The van der Waals surface area contributed by atoms with Crippen LogP contribution >= 0.6 is 0 Å². The number of hydrogen-bond donors (Lipinski definition) is 0. The predicted molar refractivity (Wildman–Crippen MR) is 61.5 cm³/mol. The molecule has 2 nitrogen and oxygen atoms in total. The van der Waals surface area contributed by atoms with E-state index in [0.717, 1.165) is 0 Å². The third-order valence-electron chi connectivity index (χ3n) is 4.65. The van der Waals surface area contributed by atoms with E-state index >= 15 is 0 Å². The fourth-order valence-electron chi connectivity index (χ4n) is 2.71. The van der Waals surface area contributed by atoms with Crippen molar-refractivity contribution in [1.82, 2.24) is 0 Å². The Hall–Kier alpha value is -0.530. The van der Waals surface area contributed by atoms with Gasteiger partial charge in [0.1, 0.15) is 0 Å². The standard InChI is InChI=1S/C13H24O2/c1-10-7-6-8-12(3,4)13(10,5)9-15-11(2)14/h10H,6-9H2,1-5H3. The lowest BCUT2D eigenvalue weighted by molar-refractivity contribution is -0.152. The maximum atomic E-state index is 10.9. The monoisotopic (exact) mass is 212 g/mol. The van der Waals surface area contributed by atoms with Crippen molar-refractivity contribution in [1.29, 1.82) is 0 Å². The van der Waals surface area contributed by atoms with Gasteiger partial charge in [0.05, 0.1) is 6.61 Å². The molecule has 0 aliphatic heterocycles. The summed E-state index contributed by atoms with van der Waals surface area (Å²) < 4.78 is 5.25. The molecular weight excluding hydrogens is 188 g/mol. The second-order valence-electron chi connectivity index (χ2n) is 5.87. The van der Waals surface area contributed by atoms with Crippen molar-refractivity contribution in [3.63, 3.8) is 0 Å². The zero-order chi connectivity index (χ0) is 11.7. The van der Waals surface area contributed by atoms with Crippen LogP contribution in [0, 0.1) is 16.7 Å². The minimum absolute atomic E-state index is 0.122. The zero-order valence-electron chi connectivity index (χ0n) is 10.7. The molecule has 1 aliphatic carbocycles. The summed E-state index contributed by atoms with van der Waals surface area (Å²) in [7, 11) is 0. The van der Waals surface area contributed by atoms with Crippen molar-refractivity contribution in [3.8, 4) is 0 Å². The highest BCUT2D eigenvalue weighted by Crippen LogP contribution is 2.53. The van der Waals surface area contributed by atoms with Crippen LogP contribution in [-0.2, 0) is 9.53 Å². The van der Waals surface area contributed by atoms with Gasteiger partial charge in [-0.25, -0.2) is 0 Å². The molecule has 0 saturated heterocycles. The van der Waals surface area contributed by atoms with E-state index < -0.39 is 0 Å². The van der Waals surface area contributed by atoms with Crippen LogP contribution in [0.3, 0.4) is 0 Å². The van der Waals surface area contributed by atoms with Gasteiger partial charge in [0.2, 0.25) is 0 Å². The average Bonchev–Trinajstić information content (AvgIpc) is 2.11. The zero-order valence-corrected chi connectivity index (χ0v) is 10.7. The van der Waals surface area contributed by atoms with Crippen LogP contribution in [0.15, 0.2) is 0 Å². The lowest BCUT2D eigenvalue weighted by atomic mass is 9.54. The third kappa shape index (κ3) is 2.35. The molecule has 0 amide bonds. The first kappa shape index (κ1) is 12.5. The van der Waals surface area contributed by atoms with Crippen molar-refractivity contribution >= 4 is 5.97 Å². The topological polar surface area (TPSA) is 26.3 Å². The molecule has 0 aromatic carbocycles. The predicted octanol–water partition coefficient (Wildman–Crippen LogP) is 3.40. The summed E-state index contributed by atoms with van der Waals surface area (Å²) in [5.41, 5.74) is 0.386. The minimum Gasteiger partial charge on any atom is -0.465 e. The van der Waals surface area contributed by atoms with Crippen molar-refractivity contribution in [2.45, 2.75) is 53.9 Å². The Balaban J connectivity index is 2.79. The van der Waals surface area contributed by atoms with E-state index in [2.05, 4.69) is 27.7 Å². The Morgan fingerprint density at radius 3 is 2.47 bits per heavy atom. The van der Waals surface area contributed by atoms with E-state index in [1.54, 1.807) is 0 Å². The second-order valence-corrected chi connectivity index (χ2v) is 5.87. The highest BCUT2D eigenvalue weighted by molar-refractivity contribution is 5.65. The van der Waals surface area contributed by atoms with Crippen LogP contribution in [0.2, 0.25) is 0 Å². The van der Waals surface area contributed by atoms with E-state index in [-0.39, 0.29) is 16.8 Å². The fourth-order valence-corrected chi connectivity index (χ4v) is 2.71. The van der Waals surface area contributed by atoms with Gasteiger partial charge < -0.3 is 4.74 Å². The van der Waals surface area contributed by atoms with Crippen LogP contribution in [-0.4, -0.2) is 12.6 Å². The molecule has 0 aromatic rings. The van der Waals surface area contributed by atoms with Crippen molar-refractivity contribution < 1.29 is 9.53 Å². The van der Waals surface area contributed by atoms with Crippen LogP contribution < -0.4 is 0 Å². The minimum atomic E-state index is -0.162. The molecule has 2 heteroatoms. The summed E-state index contributed by atoms with van der Waals surface area (Å²) in [6.07, 6.45) is 3.78. The van der Waals surface area contributed by atoms with Gasteiger partial charge in [0.25, 0.3) is 0 Å². The van der Waals surface area contributed by atoms with Crippen LogP contribution in [0.1, 0.15) is 53.9 Å². The SMILES string of the molecule is CC(=O)OCC1(C)C(C)CCCC1(C)C. The quantitative estimate of drug-likeness (QED) is 0.656. The van der Waals surface area contributed by atoms with Gasteiger partial charge in [-0.2, -0.15) is 0 Å². The molecule has 1 rings (SSSR count). The molecule has 0 heterocycles. The first-order valence-corrected chi connectivity index (χ1v) is 5.93. The highest BCUT2D eigenvalue weighted by Gasteiger charge is 2.47. The molecule has 1 fully saturated rings. The largest absolute Gasteiger partial charge is 0.465 e. The normalized spacial score (nSPS) is 34.9. The van der Waals surface area contributed by atoms with E-state index in [9.17, 15) is 4.79 Å². The Labute approximate surface area is 93.4 Å².